The molecule has 0 bridgehead atoms. The van der Waals surface area contributed by atoms with Crippen LogP contribution in [0.1, 0.15) is 26.3 Å². The van der Waals surface area contributed by atoms with Gasteiger partial charge in [-0.2, -0.15) is 0 Å². The lowest BCUT2D eigenvalue weighted by atomic mass is 10.1. The van der Waals surface area contributed by atoms with E-state index in [0.29, 0.717) is 0 Å². The molecule has 0 aliphatic heterocycles. The Labute approximate surface area is 93.4 Å². The van der Waals surface area contributed by atoms with Gasteiger partial charge in [0.05, 0.1) is 0 Å². The summed E-state index contributed by atoms with van der Waals surface area (Å²) in [5.41, 5.74) is 2.69. The largest absolute Gasteiger partial charge is 0.300 e. The molecule has 1 aromatic rings. The third-order valence-electron chi connectivity index (χ3n) is 2.78. The van der Waals surface area contributed by atoms with E-state index in [1.54, 1.807) is 0 Å². The van der Waals surface area contributed by atoms with Crippen molar-refractivity contribution < 1.29 is 0 Å². The van der Waals surface area contributed by atoms with Gasteiger partial charge in [0.15, 0.2) is 0 Å². The summed E-state index contributed by atoms with van der Waals surface area (Å²) in [5, 5.41) is 0. The van der Waals surface area contributed by atoms with E-state index in [2.05, 4.69) is 62.1 Å². The number of likely N-dealkylation sites (N-methyl/N-ethyl adjacent to an activating group) is 1. The van der Waals surface area contributed by atoms with E-state index >= 15 is 0 Å². The van der Waals surface area contributed by atoms with Crippen molar-refractivity contribution in [1.29, 1.82) is 0 Å². The average Bonchev–Trinajstić information content (AvgIpc) is 2.31. The predicted molar refractivity (Wildman–Crippen MR) is 67.9 cm³/mol. The molecule has 0 aliphatic carbocycles. The molecule has 1 rings (SSSR count). The fourth-order valence-corrected chi connectivity index (χ4v) is 1.57. The van der Waals surface area contributed by atoms with Crippen LogP contribution in [0, 0.1) is 0 Å². The van der Waals surface area contributed by atoms with Crippen molar-refractivity contribution in [2.75, 3.05) is 19.6 Å². The first-order chi connectivity index (χ1) is 7.27. The molecule has 0 aromatic heterocycles. The molecule has 1 aromatic carbocycles. The minimum Gasteiger partial charge on any atom is -0.300 e. The van der Waals surface area contributed by atoms with Crippen LogP contribution in [0.4, 0.5) is 0 Å². The second-order valence-electron chi connectivity index (χ2n) is 3.74. The first kappa shape index (κ1) is 12.0. The Morgan fingerprint density at radius 1 is 1.13 bits per heavy atom. The maximum atomic E-state index is 2.41. The lowest BCUT2D eigenvalue weighted by Gasteiger charge is -2.15. The second-order valence-corrected chi connectivity index (χ2v) is 3.74. The zero-order valence-electron chi connectivity index (χ0n) is 10.0. The van der Waals surface area contributed by atoms with Crippen LogP contribution in [-0.2, 0) is 0 Å². The summed E-state index contributed by atoms with van der Waals surface area (Å²) in [6.07, 6.45) is 2.31. The molecule has 1 nitrogen and oxygen atoms in total. The highest BCUT2D eigenvalue weighted by Crippen LogP contribution is 2.12. The normalized spacial score (nSPS) is 12.1. The standard InChI is InChI=1S/C14H21N/c1-4-15(5-2)12-11-13(3)14-9-7-6-8-10-14/h6-11H,4-5,12H2,1-3H3/b13-11+. The monoisotopic (exact) mass is 203 g/mol. The van der Waals surface area contributed by atoms with Gasteiger partial charge in [-0.15, -0.1) is 0 Å². The van der Waals surface area contributed by atoms with Gasteiger partial charge in [-0.1, -0.05) is 50.3 Å². The second kappa shape index (κ2) is 6.41. The van der Waals surface area contributed by atoms with Gasteiger partial charge in [0, 0.05) is 6.54 Å². The van der Waals surface area contributed by atoms with Crippen LogP contribution < -0.4 is 0 Å². The zero-order chi connectivity index (χ0) is 11.1. The number of hydrogen-bond donors (Lipinski definition) is 0. The maximum Gasteiger partial charge on any atom is 0.0168 e. The van der Waals surface area contributed by atoms with Crippen molar-refractivity contribution in [2.45, 2.75) is 20.8 Å². The van der Waals surface area contributed by atoms with Crippen LogP contribution in [0.2, 0.25) is 0 Å². The molecular formula is C14H21N. The Morgan fingerprint density at radius 3 is 2.27 bits per heavy atom. The molecule has 0 unspecified atom stereocenters. The smallest absolute Gasteiger partial charge is 0.0168 e. The van der Waals surface area contributed by atoms with Crippen LogP contribution in [-0.4, -0.2) is 24.5 Å². The molecule has 0 aliphatic rings. The van der Waals surface area contributed by atoms with E-state index in [4.69, 9.17) is 0 Å². The van der Waals surface area contributed by atoms with E-state index < -0.39 is 0 Å². The van der Waals surface area contributed by atoms with Gasteiger partial charge in [0.25, 0.3) is 0 Å². The van der Waals surface area contributed by atoms with Crippen LogP contribution in [0.5, 0.6) is 0 Å². The third-order valence-corrected chi connectivity index (χ3v) is 2.78. The van der Waals surface area contributed by atoms with Crippen LogP contribution in [0.15, 0.2) is 36.4 Å². The zero-order valence-corrected chi connectivity index (χ0v) is 10.0. The number of nitrogens with zero attached hydrogens (tertiary/aromatic N) is 1. The van der Waals surface area contributed by atoms with Gasteiger partial charge < -0.3 is 4.90 Å². The maximum absolute atomic E-state index is 2.41. The number of rotatable bonds is 5. The van der Waals surface area contributed by atoms with Crippen LogP contribution >= 0.6 is 0 Å². The minimum absolute atomic E-state index is 1.05. The highest BCUT2D eigenvalue weighted by Gasteiger charge is 1.97. The molecule has 0 radical (unpaired) electrons. The predicted octanol–water partition coefficient (Wildman–Crippen LogP) is 3.43. The van der Waals surface area contributed by atoms with E-state index in [1.165, 1.54) is 11.1 Å². The molecule has 1 heteroatoms. The van der Waals surface area contributed by atoms with Crippen molar-refractivity contribution in [1.82, 2.24) is 4.90 Å². The fourth-order valence-electron chi connectivity index (χ4n) is 1.57. The van der Waals surface area contributed by atoms with Gasteiger partial charge in [-0.3, -0.25) is 0 Å². The first-order valence-corrected chi connectivity index (χ1v) is 5.72. The highest BCUT2D eigenvalue weighted by atomic mass is 15.1. The number of allylic oxidation sites excluding steroid dienone is 1. The lowest BCUT2D eigenvalue weighted by Crippen LogP contribution is -2.22. The van der Waals surface area contributed by atoms with Crippen molar-refractivity contribution in [3.8, 4) is 0 Å². The third kappa shape index (κ3) is 3.88. The SMILES string of the molecule is CCN(CC)C/C=C(\C)c1ccccc1. The Balaban J connectivity index is 2.60. The molecule has 0 saturated carbocycles. The summed E-state index contributed by atoms with van der Waals surface area (Å²) in [5.74, 6) is 0. The molecule has 0 heterocycles. The van der Waals surface area contributed by atoms with Crippen LogP contribution in [0.25, 0.3) is 5.57 Å². The van der Waals surface area contributed by atoms with Crippen molar-refractivity contribution in [3.63, 3.8) is 0 Å². The van der Waals surface area contributed by atoms with E-state index in [1.807, 2.05) is 0 Å². The van der Waals surface area contributed by atoms with Crippen molar-refractivity contribution >= 4 is 5.57 Å². The molecule has 15 heavy (non-hydrogen) atoms. The molecule has 0 spiro atoms. The first-order valence-electron chi connectivity index (χ1n) is 5.72. The molecular weight excluding hydrogens is 182 g/mol. The molecule has 0 fully saturated rings. The highest BCUT2D eigenvalue weighted by molar-refractivity contribution is 5.63. The van der Waals surface area contributed by atoms with Gasteiger partial charge in [-0.25, -0.2) is 0 Å². The quantitative estimate of drug-likeness (QED) is 0.708. The van der Waals surface area contributed by atoms with E-state index in [0.717, 1.165) is 19.6 Å². The van der Waals surface area contributed by atoms with Crippen molar-refractivity contribution in [2.24, 2.45) is 0 Å². The summed E-state index contributed by atoms with van der Waals surface area (Å²) < 4.78 is 0. The van der Waals surface area contributed by atoms with Crippen LogP contribution in [0.3, 0.4) is 0 Å². The van der Waals surface area contributed by atoms with Gasteiger partial charge in [0.2, 0.25) is 0 Å². The molecule has 0 saturated heterocycles. The van der Waals surface area contributed by atoms with Gasteiger partial charge in [-0.05, 0) is 31.1 Å². The summed E-state index contributed by atoms with van der Waals surface area (Å²) in [7, 11) is 0. The average molecular weight is 203 g/mol. The topological polar surface area (TPSA) is 3.24 Å². The molecule has 0 atom stereocenters. The Morgan fingerprint density at radius 2 is 1.73 bits per heavy atom. The minimum atomic E-state index is 1.05. The number of benzene rings is 1. The summed E-state index contributed by atoms with van der Waals surface area (Å²) in [6.45, 7) is 9.88. The molecule has 82 valence electrons. The van der Waals surface area contributed by atoms with E-state index in [-0.39, 0.29) is 0 Å². The lowest BCUT2D eigenvalue weighted by molar-refractivity contribution is 0.337. The summed E-state index contributed by atoms with van der Waals surface area (Å²) in [6, 6.07) is 10.6. The number of hydrogen-bond acceptors (Lipinski definition) is 1. The Hall–Kier alpha value is -1.08. The Kier molecular flexibility index (Phi) is 5.13. The van der Waals surface area contributed by atoms with E-state index in [9.17, 15) is 0 Å². The molecule has 0 N–H and O–H groups in total. The van der Waals surface area contributed by atoms with Gasteiger partial charge >= 0.3 is 0 Å². The fraction of sp³-hybridized carbons (Fsp3) is 0.429. The van der Waals surface area contributed by atoms with Crippen molar-refractivity contribution in [3.05, 3.63) is 42.0 Å². The summed E-state index contributed by atoms with van der Waals surface area (Å²) >= 11 is 0. The molecule has 0 amide bonds. The summed E-state index contributed by atoms with van der Waals surface area (Å²) in [4.78, 5) is 2.41. The Bertz CT molecular complexity index is 296. The van der Waals surface area contributed by atoms with Gasteiger partial charge in [0.1, 0.15) is 0 Å².